The maximum absolute atomic E-state index is 13.1. The van der Waals surface area contributed by atoms with Gasteiger partial charge in [0.1, 0.15) is 5.82 Å². The highest BCUT2D eigenvalue weighted by atomic mass is 32.2. The van der Waals surface area contributed by atoms with Crippen molar-refractivity contribution < 1.29 is 12.8 Å². The SMILES string of the molecule is O=S1(=O)CCC(NC2CCc3cc(F)ccc32)C1. The average molecular weight is 269 g/mol. The van der Waals surface area contributed by atoms with E-state index in [2.05, 4.69) is 5.32 Å². The maximum atomic E-state index is 13.1. The van der Waals surface area contributed by atoms with Crippen LogP contribution >= 0.6 is 0 Å². The molecule has 0 bridgehead atoms. The van der Waals surface area contributed by atoms with Crippen LogP contribution in [0.15, 0.2) is 18.2 Å². The molecule has 1 aliphatic carbocycles. The van der Waals surface area contributed by atoms with Crippen LogP contribution in [0.25, 0.3) is 0 Å². The van der Waals surface area contributed by atoms with Crippen molar-refractivity contribution in [1.29, 1.82) is 0 Å². The van der Waals surface area contributed by atoms with E-state index in [4.69, 9.17) is 0 Å². The van der Waals surface area contributed by atoms with E-state index in [1.807, 2.05) is 6.07 Å². The number of benzene rings is 1. The Balaban J connectivity index is 1.74. The van der Waals surface area contributed by atoms with Crippen molar-refractivity contribution >= 4 is 9.84 Å². The van der Waals surface area contributed by atoms with Gasteiger partial charge in [-0.2, -0.15) is 0 Å². The summed E-state index contributed by atoms with van der Waals surface area (Å²) in [7, 11) is -2.84. The van der Waals surface area contributed by atoms with Crippen LogP contribution in [-0.2, 0) is 16.3 Å². The van der Waals surface area contributed by atoms with E-state index in [1.165, 1.54) is 6.07 Å². The Bertz CT molecular complexity index is 570. The molecule has 1 saturated heterocycles. The summed E-state index contributed by atoms with van der Waals surface area (Å²) >= 11 is 0. The second kappa shape index (κ2) is 4.31. The molecule has 2 atom stereocenters. The van der Waals surface area contributed by atoms with E-state index in [9.17, 15) is 12.8 Å². The fourth-order valence-electron chi connectivity index (χ4n) is 2.97. The molecular formula is C13H16FNO2S. The van der Waals surface area contributed by atoms with Gasteiger partial charge in [-0.3, -0.25) is 0 Å². The number of halogens is 1. The van der Waals surface area contributed by atoms with Gasteiger partial charge in [-0.1, -0.05) is 6.07 Å². The molecule has 1 aromatic carbocycles. The molecule has 0 spiro atoms. The second-order valence-corrected chi connectivity index (χ2v) is 7.43. The molecule has 2 aliphatic rings. The first-order valence-corrected chi connectivity index (χ1v) is 8.10. The monoisotopic (exact) mass is 269 g/mol. The third-order valence-corrected chi connectivity index (χ3v) is 5.62. The first-order valence-electron chi connectivity index (χ1n) is 6.28. The Morgan fingerprint density at radius 3 is 2.83 bits per heavy atom. The highest BCUT2D eigenvalue weighted by Gasteiger charge is 2.31. The lowest BCUT2D eigenvalue weighted by molar-refractivity contribution is 0.458. The van der Waals surface area contributed by atoms with E-state index in [0.717, 1.165) is 24.0 Å². The zero-order chi connectivity index (χ0) is 12.8. The van der Waals surface area contributed by atoms with Gasteiger partial charge >= 0.3 is 0 Å². The fraction of sp³-hybridized carbons (Fsp3) is 0.538. The Hall–Kier alpha value is -0.940. The van der Waals surface area contributed by atoms with E-state index >= 15 is 0 Å². The van der Waals surface area contributed by atoms with E-state index in [-0.39, 0.29) is 29.4 Å². The highest BCUT2D eigenvalue weighted by Crippen LogP contribution is 2.32. The molecule has 0 amide bonds. The third kappa shape index (κ3) is 2.29. The van der Waals surface area contributed by atoms with Gasteiger partial charge < -0.3 is 5.32 Å². The molecule has 1 N–H and O–H groups in total. The van der Waals surface area contributed by atoms with Gasteiger partial charge in [0.2, 0.25) is 0 Å². The highest BCUT2D eigenvalue weighted by molar-refractivity contribution is 7.91. The smallest absolute Gasteiger partial charge is 0.151 e. The molecule has 0 saturated carbocycles. The minimum atomic E-state index is -2.84. The lowest BCUT2D eigenvalue weighted by Crippen LogP contribution is -2.32. The van der Waals surface area contributed by atoms with Crippen molar-refractivity contribution in [2.75, 3.05) is 11.5 Å². The number of rotatable bonds is 2. The zero-order valence-electron chi connectivity index (χ0n) is 10.0. The van der Waals surface area contributed by atoms with Crippen LogP contribution in [0.5, 0.6) is 0 Å². The van der Waals surface area contributed by atoms with Gasteiger partial charge in [-0.15, -0.1) is 0 Å². The summed E-state index contributed by atoms with van der Waals surface area (Å²) in [5.74, 6) is 0.325. The third-order valence-electron chi connectivity index (χ3n) is 3.85. The lowest BCUT2D eigenvalue weighted by Gasteiger charge is -2.18. The minimum Gasteiger partial charge on any atom is -0.306 e. The van der Waals surface area contributed by atoms with Gasteiger partial charge in [0.15, 0.2) is 9.84 Å². The van der Waals surface area contributed by atoms with Gasteiger partial charge in [0.05, 0.1) is 11.5 Å². The summed E-state index contributed by atoms with van der Waals surface area (Å²) < 4.78 is 35.9. The number of fused-ring (bicyclic) bond motifs is 1. The van der Waals surface area contributed by atoms with Crippen LogP contribution in [0, 0.1) is 5.82 Å². The molecule has 98 valence electrons. The molecule has 1 fully saturated rings. The normalized spacial score (nSPS) is 29.4. The Morgan fingerprint density at radius 2 is 2.11 bits per heavy atom. The van der Waals surface area contributed by atoms with Crippen molar-refractivity contribution in [3.8, 4) is 0 Å². The second-order valence-electron chi connectivity index (χ2n) is 5.20. The van der Waals surface area contributed by atoms with Gasteiger partial charge in [-0.25, -0.2) is 12.8 Å². The fourth-order valence-corrected chi connectivity index (χ4v) is 4.66. The first kappa shape index (κ1) is 12.1. The predicted molar refractivity (Wildman–Crippen MR) is 67.7 cm³/mol. The molecule has 1 heterocycles. The molecular weight excluding hydrogens is 253 g/mol. The number of hydrogen-bond acceptors (Lipinski definition) is 3. The predicted octanol–water partition coefficient (Wildman–Crippen LogP) is 1.59. The van der Waals surface area contributed by atoms with Crippen LogP contribution in [0.1, 0.15) is 30.0 Å². The Morgan fingerprint density at radius 1 is 1.28 bits per heavy atom. The van der Waals surface area contributed by atoms with Crippen molar-refractivity contribution in [3.05, 3.63) is 35.1 Å². The molecule has 0 aromatic heterocycles. The van der Waals surface area contributed by atoms with Crippen LogP contribution in [-0.4, -0.2) is 26.0 Å². The lowest BCUT2D eigenvalue weighted by atomic mass is 10.1. The topological polar surface area (TPSA) is 46.2 Å². The molecule has 2 unspecified atom stereocenters. The van der Waals surface area contributed by atoms with Crippen molar-refractivity contribution in [3.63, 3.8) is 0 Å². The van der Waals surface area contributed by atoms with Crippen molar-refractivity contribution in [2.45, 2.75) is 31.3 Å². The van der Waals surface area contributed by atoms with Gasteiger partial charge in [-0.05, 0) is 42.5 Å². The van der Waals surface area contributed by atoms with Crippen LogP contribution < -0.4 is 5.32 Å². The molecule has 1 aromatic rings. The summed E-state index contributed by atoms with van der Waals surface area (Å²) in [5.41, 5.74) is 2.18. The largest absolute Gasteiger partial charge is 0.306 e. The quantitative estimate of drug-likeness (QED) is 0.887. The van der Waals surface area contributed by atoms with Crippen LogP contribution in [0.2, 0.25) is 0 Å². The summed E-state index contributed by atoms with van der Waals surface area (Å²) in [6.45, 7) is 0. The zero-order valence-corrected chi connectivity index (χ0v) is 10.8. The van der Waals surface area contributed by atoms with Gasteiger partial charge in [0, 0.05) is 12.1 Å². The number of hydrogen-bond donors (Lipinski definition) is 1. The first-order chi connectivity index (χ1) is 8.53. The van der Waals surface area contributed by atoms with E-state index in [0.29, 0.717) is 6.42 Å². The summed E-state index contributed by atoms with van der Waals surface area (Å²) in [6.07, 6.45) is 2.48. The molecule has 3 rings (SSSR count). The minimum absolute atomic E-state index is 0.0519. The van der Waals surface area contributed by atoms with Crippen molar-refractivity contribution in [1.82, 2.24) is 5.32 Å². The number of aryl methyl sites for hydroxylation is 1. The molecule has 5 heteroatoms. The molecule has 1 aliphatic heterocycles. The summed E-state index contributed by atoms with van der Waals surface area (Å²) in [6, 6.07) is 5.11. The van der Waals surface area contributed by atoms with E-state index in [1.54, 1.807) is 6.07 Å². The maximum Gasteiger partial charge on any atom is 0.151 e. The molecule has 0 radical (unpaired) electrons. The van der Waals surface area contributed by atoms with E-state index < -0.39 is 9.84 Å². The summed E-state index contributed by atoms with van der Waals surface area (Å²) in [4.78, 5) is 0. The summed E-state index contributed by atoms with van der Waals surface area (Å²) in [5, 5.41) is 3.41. The number of sulfone groups is 1. The van der Waals surface area contributed by atoms with Crippen LogP contribution in [0.4, 0.5) is 4.39 Å². The standard InChI is InChI=1S/C13H16FNO2S/c14-10-2-3-12-9(7-10)1-4-13(12)15-11-5-6-18(16,17)8-11/h2-3,7,11,13,15H,1,4-6,8H2. The van der Waals surface area contributed by atoms with Crippen molar-refractivity contribution in [2.24, 2.45) is 0 Å². The van der Waals surface area contributed by atoms with Crippen LogP contribution in [0.3, 0.4) is 0 Å². The Kier molecular flexibility index (Phi) is 2.90. The Labute approximate surface area is 106 Å². The molecule has 3 nitrogen and oxygen atoms in total. The average Bonchev–Trinajstić information content (AvgIpc) is 2.83. The number of nitrogens with one attached hydrogen (secondary N) is 1. The van der Waals surface area contributed by atoms with Gasteiger partial charge in [0.25, 0.3) is 0 Å². The molecule has 18 heavy (non-hydrogen) atoms.